The molecule has 0 aliphatic carbocycles. The third-order valence-electron chi connectivity index (χ3n) is 3.86. The standard InChI is InChI=1S/C17H14O6/c18-10-6-12(19)16-15(7-10)23-8-11(17(16)20)9-1-2-13-14(5-9)22-4-3-21-13/h1-2,5-8,17-20H,3-4H2. The Hall–Kier alpha value is -2.86. The smallest absolute Gasteiger partial charge is 0.161 e. The van der Waals surface area contributed by atoms with Gasteiger partial charge in [0.2, 0.25) is 0 Å². The Morgan fingerprint density at radius 1 is 0.913 bits per heavy atom. The van der Waals surface area contributed by atoms with Gasteiger partial charge >= 0.3 is 0 Å². The van der Waals surface area contributed by atoms with Gasteiger partial charge in [-0.3, -0.25) is 0 Å². The molecule has 0 saturated heterocycles. The summed E-state index contributed by atoms with van der Waals surface area (Å²) in [4.78, 5) is 0. The van der Waals surface area contributed by atoms with Crippen molar-refractivity contribution in [2.75, 3.05) is 13.2 Å². The van der Waals surface area contributed by atoms with Crippen molar-refractivity contribution in [2.24, 2.45) is 0 Å². The van der Waals surface area contributed by atoms with Crippen molar-refractivity contribution < 1.29 is 29.5 Å². The molecule has 1 atom stereocenters. The average molecular weight is 314 g/mol. The molecular weight excluding hydrogens is 300 g/mol. The summed E-state index contributed by atoms with van der Waals surface area (Å²) in [6.45, 7) is 0.975. The molecule has 3 N–H and O–H groups in total. The molecule has 0 bridgehead atoms. The van der Waals surface area contributed by atoms with Gasteiger partial charge in [-0.25, -0.2) is 0 Å². The highest BCUT2D eigenvalue weighted by molar-refractivity contribution is 5.75. The number of benzene rings is 2. The minimum Gasteiger partial charge on any atom is -0.508 e. The monoisotopic (exact) mass is 314 g/mol. The Morgan fingerprint density at radius 2 is 1.70 bits per heavy atom. The number of ether oxygens (including phenoxy) is 3. The third-order valence-corrected chi connectivity index (χ3v) is 3.86. The van der Waals surface area contributed by atoms with E-state index in [9.17, 15) is 15.3 Å². The third kappa shape index (κ3) is 2.24. The number of aliphatic hydroxyl groups excluding tert-OH is 1. The normalized spacial score (nSPS) is 18.7. The van der Waals surface area contributed by atoms with Crippen LogP contribution in [-0.2, 0) is 0 Å². The van der Waals surface area contributed by atoms with Gasteiger partial charge in [-0.1, -0.05) is 6.07 Å². The largest absolute Gasteiger partial charge is 0.508 e. The number of hydrogen-bond acceptors (Lipinski definition) is 6. The molecule has 118 valence electrons. The van der Waals surface area contributed by atoms with Crippen LogP contribution < -0.4 is 14.2 Å². The van der Waals surface area contributed by atoms with Crippen molar-refractivity contribution in [3.63, 3.8) is 0 Å². The second-order valence-electron chi connectivity index (χ2n) is 5.33. The molecule has 6 heteroatoms. The molecule has 1 unspecified atom stereocenters. The predicted molar refractivity (Wildman–Crippen MR) is 80.8 cm³/mol. The Kier molecular flexibility index (Phi) is 3.06. The zero-order valence-corrected chi connectivity index (χ0v) is 12.0. The van der Waals surface area contributed by atoms with Gasteiger partial charge in [-0.15, -0.1) is 0 Å². The highest BCUT2D eigenvalue weighted by Gasteiger charge is 2.28. The van der Waals surface area contributed by atoms with E-state index in [1.54, 1.807) is 18.2 Å². The van der Waals surface area contributed by atoms with Gasteiger partial charge in [0.1, 0.15) is 36.6 Å². The van der Waals surface area contributed by atoms with Gasteiger partial charge in [-0.2, -0.15) is 0 Å². The summed E-state index contributed by atoms with van der Waals surface area (Å²) in [5.74, 6) is 1.11. The van der Waals surface area contributed by atoms with Gasteiger partial charge in [0.05, 0.1) is 11.8 Å². The first-order chi connectivity index (χ1) is 11.1. The zero-order valence-electron chi connectivity index (χ0n) is 12.0. The molecule has 0 amide bonds. The zero-order chi connectivity index (χ0) is 16.0. The summed E-state index contributed by atoms with van der Waals surface area (Å²) >= 11 is 0. The highest BCUT2D eigenvalue weighted by atomic mass is 16.6. The van der Waals surface area contributed by atoms with Crippen LogP contribution >= 0.6 is 0 Å². The van der Waals surface area contributed by atoms with E-state index in [1.807, 2.05) is 0 Å². The Bertz CT molecular complexity index is 811. The van der Waals surface area contributed by atoms with Crippen molar-refractivity contribution in [2.45, 2.75) is 6.10 Å². The lowest BCUT2D eigenvalue weighted by Gasteiger charge is -2.25. The summed E-state index contributed by atoms with van der Waals surface area (Å²) < 4.78 is 16.5. The van der Waals surface area contributed by atoms with E-state index in [2.05, 4.69) is 0 Å². The lowest BCUT2D eigenvalue weighted by Crippen LogP contribution is -2.16. The molecule has 0 aromatic heterocycles. The summed E-state index contributed by atoms with van der Waals surface area (Å²) in [5.41, 5.74) is 1.39. The molecule has 23 heavy (non-hydrogen) atoms. The summed E-state index contributed by atoms with van der Waals surface area (Å²) in [6.07, 6.45) is 0.319. The van der Waals surface area contributed by atoms with Crippen LogP contribution in [0.15, 0.2) is 36.6 Å². The fraction of sp³-hybridized carbons (Fsp3) is 0.176. The average Bonchev–Trinajstić information content (AvgIpc) is 2.54. The number of phenolic OH excluding ortho intramolecular Hbond substituents is 2. The minimum absolute atomic E-state index is 0.135. The Labute approximate surface area is 131 Å². The van der Waals surface area contributed by atoms with Gasteiger partial charge < -0.3 is 29.5 Å². The quantitative estimate of drug-likeness (QED) is 0.749. The Morgan fingerprint density at radius 3 is 2.52 bits per heavy atom. The summed E-state index contributed by atoms with van der Waals surface area (Å²) in [6, 6.07) is 7.82. The molecule has 6 nitrogen and oxygen atoms in total. The van der Waals surface area contributed by atoms with Crippen molar-refractivity contribution in [1.82, 2.24) is 0 Å². The molecule has 0 radical (unpaired) electrons. The molecule has 0 fully saturated rings. The molecule has 2 aromatic rings. The molecule has 0 saturated carbocycles. The molecule has 4 rings (SSSR count). The second-order valence-corrected chi connectivity index (χ2v) is 5.33. The van der Waals surface area contributed by atoms with E-state index in [0.717, 1.165) is 6.07 Å². The first-order valence-corrected chi connectivity index (χ1v) is 7.14. The van der Waals surface area contributed by atoms with Crippen LogP contribution in [0.4, 0.5) is 0 Å². The van der Waals surface area contributed by atoms with Crippen LogP contribution in [-0.4, -0.2) is 28.5 Å². The van der Waals surface area contributed by atoms with Crippen LogP contribution in [0.2, 0.25) is 0 Å². The number of aliphatic hydroxyl groups is 1. The minimum atomic E-state index is -1.08. The van der Waals surface area contributed by atoms with E-state index in [4.69, 9.17) is 14.2 Å². The van der Waals surface area contributed by atoms with Crippen LogP contribution in [0.3, 0.4) is 0 Å². The predicted octanol–water partition coefficient (Wildman–Crippen LogP) is 2.34. The molecular formula is C17H14O6. The Balaban J connectivity index is 1.75. The van der Waals surface area contributed by atoms with E-state index < -0.39 is 6.10 Å². The number of phenols is 2. The van der Waals surface area contributed by atoms with Gasteiger partial charge in [0.15, 0.2) is 11.5 Å². The lowest BCUT2D eigenvalue weighted by molar-refractivity contribution is 0.171. The first kappa shape index (κ1) is 13.8. The van der Waals surface area contributed by atoms with E-state index >= 15 is 0 Å². The topological polar surface area (TPSA) is 88.4 Å². The second kappa shape index (κ2) is 5.10. The van der Waals surface area contributed by atoms with Gasteiger partial charge in [-0.05, 0) is 17.7 Å². The molecule has 2 aliphatic heterocycles. The summed E-state index contributed by atoms with van der Waals surface area (Å²) in [7, 11) is 0. The van der Waals surface area contributed by atoms with Crippen molar-refractivity contribution in [3.8, 4) is 28.7 Å². The maximum atomic E-state index is 10.6. The van der Waals surface area contributed by atoms with Crippen LogP contribution in [0.1, 0.15) is 17.2 Å². The molecule has 0 spiro atoms. The highest BCUT2D eigenvalue weighted by Crippen LogP contribution is 2.46. The SMILES string of the molecule is Oc1cc(O)c2c(c1)OC=C(c1ccc3c(c1)OCCO3)C2O. The molecule has 2 aromatic carbocycles. The van der Waals surface area contributed by atoms with Gasteiger partial charge in [0.25, 0.3) is 0 Å². The molecule has 2 heterocycles. The summed E-state index contributed by atoms with van der Waals surface area (Å²) in [5, 5.41) is 30.1. The van der Waals surface area contributed by atoms with Crippen LogP contribution in [0.5, 0.6) is 28.7 Å². The van der Waals surface area contributed by atoms with Crippen LogP contribution in [0.25, 0.3) is 5.57 Å². The number of rotatable bonds is 1. The van der Waals surface area contributed by atoms with Crippen LogP contribution in [0, 0.1) is 0 Å². The van der Waals surface area contributed by atoms with E-state index in [-0.39, 0.29) is 22.8 Å². The maximum absolute atomic E-state index is 10.6. The fourth-order valence-corrected chi connectivity index (χ4v) is 2.77. The van der Waals surface area contributed by atoms with Crippen molar-refractivity contribution in [3.05, 3.63) is 47.7 Å². The lowest BCUT2D eigenvalue weighted by atomic mass is 9.93. The van der Waals surface area contributed by atoms with Crippen molar-refractivity contribution >= 4 is 5.57 Å². The van der Waals surface area contributed by atoms with Crippen molar-refractivity contribution in [1.29, 1.82) is 0 Å². The van der Waals surface area contributed by atoms with E-state index in [1.165, 1.54) is 12.3 Å². The number of aromatic hydroxyl groups is 2. The molecule has 2 aliphatic rings. The fourth-order valence-electron chi connectivity index (χ4n) is 2.77. The van der Waals surface area contributed by atoms with E-state index in [0.29, 0.717) is 35.8 Å². The number of hydrogen-bond donors (Lipinski definition) is 3. The first-order valence-electron chi connectivity index (χ1n) is 7.14. The maximum Gasteiger partial charge on any atom is 0.161 e. The van der Waals surface area contributed by atoms with Gasteiger partial charge in [0, 0.05) is 17.7 Å². The number of fused-ring (bicyclic) bond motifs is 2.